The molecule has 18 heavy (non-hydrogen) atoms. The summed E-state index contributed by atoms with van der Waals surface area (Å²) >= 11 is 5.89. The van der Waals surface area contributed by atoms with Gasteiger partial charge in [-0.05, 0) is 25.1 Å². The monoisotopic (exact) mass is 264 g/mol. The maximum Gasteiger partial charge on any atom is 0.415 e. The third-order valence-electron chi connectivity index (χ3n) is 2.75. The van der Waals surface area contributed by atoms with Crippen LogP contribution in [0, 0.1) is 11.3 Å². The van der Waals surface area contributed by atoms with E-state index in [1.807, 2.05) is 6.07 Å². The zero-order valence-corrected chi connectivity index (χ0v) is 10.2. The van der Waals surface area contributed by atoms with Gasteiger partial charge in [-0.15, -0.1) is 0 Å². The van der Waals surface area contributed by atoms with Crippen molar-refractivity contribution >= 4 is 29.7 Å². The Balaban J connectivity index is 2.42. The Morgan fingerprint density at radius 2 is 2.28 bits per heavy atom. The number of carbonyl (C=O) groups is 2. The van der Waals surface area contributed by atoms with Gasteiger partial charge in [0, 0.05) is 5.69 Å². The fourth-order valence-corrected chi connectivity index (χ4v) is 2.03. The molecule has 0 spiro atoms. The summed E-state index contributed by atoms with van der Waals surface area (Å²) in [7, 11) is 0. The first kappa shape index (κ1) is 12.4. The van der Waals surface area contributed by atoms with Crippen molar-refractivity contribution in [2.24, 2.45) is 0 Å². The van der Waals surface area contributed by atoms with E-state index >= 15 is 0 Å². The van der Waals surface area contributed by atoms with E-state index < -0.39 is 18.2 Å². The van der Waals surface area contributed by atoms with Crippen LogP contribution in [0.4, 0.5) is 10.5 Å². The van der Waals surface area contributed by atoms with Crippen LogP contribution in [-0.4, -0.2) is 24.5 Å². The van der Waals surface area contributed by atoms with Crippen LogP contribution in [0.25, 0.3) is 0 Å². The number of hydrogen-bond acceptors (Lipinski definition) is 4. The normalized spacial score (nSPS) is 22.5. The van der Waals surface area contributed by atoms with Gasteiger partial charge in [0.2, 0.25) is 0 Å². The molecule has 0 radical (unpaired) electrons. The summed E-state index contributed by atoms with van der Waals surface area (Å²) in [5.41, 5.74) is 0.745. The summed E-state index contributed by atoms with van der Waals surface area (Å²) in [5.74, 6) is 0. The molecule has 0 unspecified atom stereocenters. The van der Waals surface area contributed by atoms with Crippen LogP contribution in [0.15, 0.2) is 18.2 Å². The minimum absolute atomic E-state index is 0.229. The smallest absolute Gasteiger partial charge is 0.415 e. The third-order valence-corrected chi connectivity index (χ3v) is 3.07. The highest BCUT2D eigenvalue weighted by Gasteiger charge is 2.40. The van der Waals surface area contributed by atoms with E-state index in [2.05, 4.69) is 0 Å². The number of hydrogen-bond donors (Lipinski definition) is 0. The Kier molecular flexibility index (Phi) is 3.21. The molecule has 1 amide bonds. The fourth-order valence-electron chi connectivity index (χ4n) is 1.81. The van der Waals surface area contributed by atoms with Crippen molar-refractivity contribution in [2.45, 2.75) is 19.1 Å². The summed E-state index contributed by atoms with van der Waals surface area (Å²) in [6, 6.07) is 5.76. The Morgan fingerprint density at radius 1 is 1.56 bits per heavy atom. The SMILES string of the molecule is C[C@@H]1OC(=O)N(c2ccc(C#N)c(Cl)c2)[C@H]1C=O. The number of anilines is 1. The molecule has 0 bridgehead atoms. The molecular weight excluding hydrogens is 256 g/mol. The molecule has 0 saturated carbocycles. The highest BCUT2D eigenvalue weighted by Crippen LogP contribution is 2.29. The van der Waals surface area contributed by atoms with Crippen LogP contribution < -0.4 is 4.90 Å². The predicted octanol–water partition coefficient (Wildman–Crippen LogP) is 2.12. The predicted molar refractivity (Wildman–Crippen MR) is 64.4 cm³/mol. The van der Waals surface area contributed by atoms with Crippen LogP contribution in [0.5, 0.6) is 0 Å². The standard InChI is InChI=1S/C12H9ClN2O3/c1-7-11(6-16)15(12(17)18-7)9-3-2-8(5-14)10(13)4-9/h2-4,6-7,11H,1H3/t7-,11-/m0/s1. The summed E-state index contributed by atoms with van der Waals surface area (Å²) in [6.07, 6.45) is -0.452. The summed E-state index contributed by atoms with van der Waals surface area (Å²) in [5, 5.41) is 9.00. The average Bonchev–Trinajstić information content (AvgIpc) is 2.63. The highest BCUT2D eigenvalue weighted by atomic mass is 35.5. The largest absolute Gasteiger partial charge is 0.443 e. The van der Waals surface area contributed by atoms with Crippen LogP contribution in [0.1, 0.15) is 12.5 Å². The number of rotatable bonds is 2. The minimum Gasteiger partial charge on any atom is -0.443 e. The van der Waals surface area contributed by atoms with Gasteiger partial charge in [0.05, 0.1) is 10.6 Å². The average molecular weight is 265 g/mol. The van der Waals surface area contributed by atoms with Crippen LogP contribution in [0.3, 0.4) is 0 Å². The molecule has 1 aliphatic rings. The lowest BCUT2D eigenvalue weighted by molar-refractivity contribution is -0.109. The Morgan fingerprint density at radius 3 is 2.83 bits per heavy atom. The van der Waals surface area contributed by atoms with Gasteiger partial charge in [0.15, 0.2) is 0 Å². The zero-order chi connectivity index (χ0) is 13.3. The van der Waals surface area contributed by atoms with Crippen molar-refractivity contribution in [1.29, 1.82) is 5.26 Å². The highest BCUT2D eigenvalue weighted by molar-refractivity contribution is 6.32. The Hall–Kier alpha value is -2.06. The molecule has 0 aliphatic carbocycles. The molecule has 1 aliphatic heterocycles. The number of aldehydes is 1. The summed E-state index contributed by atoms with van der Waals surface area (Å²) in [6.45, 7) is 1.64. The second-order valence-corrected chi connectivity index (χ2v) is 4.27. The molecule has 92 valence electrons. The first-order valence-corrected chi connectivity index (χ1v) is 5.61. The molecule has 1 aromatic rings. The lowest BCUT2D eigenvalue weighted by Gasteiger charge is -2.18. The number of benzene rings is 1. The van der Waals surface area contributed by atoms with Crippen molar-refractivity contribution in [2.75, 3.05) is 4.90 Å². The molecule has 0 aromatic heterocycles. The van der Waals surface area contributed by atoms with Crippen molar-refractivity contribution < 1.29 is 14.3 Å². The molecule has 1 fully saturated rings. The van der Waals surface area contributed by atoms with E-state index in [1.54, 1.807) is 13.0 Å². The molecule has 2 rings (SSSR count). The van der Waals surface area contributed by atoms with E-state index in [4.69, 9.17) is 21.6 Å². The van der Waals surface area contributed by atoms with Gasteiger partial charge in [-0.2, -0.15) is 5.26 Å². The van der Waals surface area contributed by atoms with E-state index in [0.717, 1.165) is 0 Å². The maximum atomic E-state index is 11.7. The van der Waals surface area contributed by atoms with Crippen molar-refractivity contribution in [3.63, 3.8) is 0 Å². The quantitative estimate of drug-likeness (QED) is 0.767. The first-order chi connectivity index (χ1) is 8.58. The summed E-state index contributed by atoms with van der Waals surface area (Å²) in [4.78, 5) is 23.9. The fraction of sp³-hybridized carbons (Fsp3) is 0.250. The van der Waals surface area contributed by atoms with Crippen LogP contribution >= 0.6 is 11.6 Å². The second-order valence-electron chi connectivity index (χ2n) is 3.86. The molecule has 6 heteroatoms. The Bertz CT molecular complexity index is 553. The van der Waals surface area contributed by atoms with Gasteiger partial charge in [0.1, 0.15) is 24.5 Å². The number of nitrogens with zero attached hydrogens (tertiary/aromatic N) is 2. The lowest BCUT2D eigenvalue weighted by Crippen LogP contribution is -2.37. The van der Waals surface area contributed by atoms with Gasteiger partial charge in [-0.25, -0.2) is 4.79 Å². The van der Waals surface area contributed by atoms with E-state index in [1.165, 1.54) is 17.0 Å². The summed E-state index contributed by atoms with van der Waals surface area (Å²) < 4.78 is 4.98. The molecule has 2 atom stereocenters. The number of amides is 1. The van der Waals surface area contributed by atoms with Gasteiger partial charge in [-0.3, -0.25) is 4.90 Å². The number of carbonyl (C=O) groups excluding carboxylic acids is 2. The van der Waals surface area contributed by atoms with Crippen molar-refractivity contribution in [3.05, 3.63) is 28.8 Å². The molecule has 1 saturated heterocycles. The minimum atomic E-state index is -0.679. The van der Waals surface area contributed by atoms with E-state index in [-0.39, 0.29) is 5.02 Å². The maximum absolute atomic E-state index is 11.7. The van der Waals surface area contributed by atoms with Crippen molar-refractivity contribution in [3.8, 4) is 6.07 Å². The first-order valence-electron chi connectivity index (χ1n) is 5.23. The Labute approximate surface area is 109 Å². The van der Waals surface area contributed by atoms with E-state index in [9.17, 15) is 9.59 Å². The molecule has 1 aromatic carbocycles. The van der Waals surface area contributed by atoms with E-state index in [0.29, 0.717) is 17.5 Å². The molecular formula is C12H9ClN2O3. The molecule has 1 heterocycles. The second kappa shape index (κ2) is 4.67. The topological polar surface area (TPSA) is 70.4 Å². The number of cyclic esters (lactones) is 1. The number of nitriles is 1. The lowest BCUT2D eigenvalue weighted by atomic mass is 10.1. The van der Waals surface area contributed by atoms with Gasteiger partial charge >= 0.3 is 6.09 Å². The van der Waals surface area contributed by atoms with Gasteiger partial charge in [-0.1, -0.05) is 11.6 Å². The molecule has 0 N–H and O–H groups in total. The molecule has 5 nitrogen and oxygen atoms in total. The van der Waals surface area contributed by atoms with Crippen LogP contribution in [0.2, 0.25) is 5.02 Å². The number of ether oxygens (including phenoxy) is 1. The van der Waals surface area contributed by atoms with Gasteiger partial charge in [0.25, 0.3) is 0 Å². The zero-order valence-electron chi connectivity index (χ0n) is 9.46. The number of halogens is 1. The van der Waals surface area contributed by atoms with Gasteiger partial charge < -0.3 is 9.53 Å². The van der Waals surface area contributed by atoms with Crippen molar-refractivity contribution in [1.82, 2.24) is 0 Å². The van der Waals surface area contributed by atoms with Crippen LogP contribution in [-0.2, 0) is 9.53 Å². The third kappa shape index (κ3) is 1.91.